The molecule has 0 spiro atoms. The number of fused-ring (bicyclic) bond motifs is 1. The Labute approximate surface area is 274 Å². The van der Waals surface area contributed by atoms with Crippen molar-refractivity contribution in [3.8, 4) is 0 Å². The van der Waals surface area contributed by atoms with Crippen LogP contribution in [0.2, 0.25) is 10.0 Å². The van der Waals surface area contributed by atoms with Crippen molar-refractivity contribution in [1.29, 1.82) is 0 Å². The minimum absolute atomic E-state index is 0.0678. The highest BCUT2D eigenvalue weighted by Gasteiger charge is 2.54. The number of hydrogen-bond acceptors (Lipinski definition) is 5. The smallest absolute Gasteiger partial charge is 0.244 e. The molecule has 2 fully saturated rings. The normalized spacial score (nSPS) is 23.1. The molecule has 7 nitrogen and oxygen atoms in total. The van der Waals surface area contributed by atoms with Gasteiger partial charge in [-0.05, 0) is 79.4 Å². The molecule has 234 valence electrons. The Morgan fingerprint density at radius 1 is 0.689 bits per heavy atom. The minimum atomic E-state index is -4.16. The zero-order chi connectivity index (χ0) is 32.1. The first kappa shape index (κ1) is 31.9. The van der Waals surface area contributed by atoms with E-state index < -0.39 is 44.1 Å². The summed E-state index contributed by atoms with van der Waals surface area (Å²) in [5.41, 5.74) is 2.79. The Balaban J connectivity index is 1.52. The maximum atomic E-state index is 14.7. The third kappa shape index (κ3) is 5.98. The number of halogens is 2. The summed E-state index contributed by atoms with van der Waals surface area (Å²) in [5.74, 6) is -1.06. The van der Waals surface area contributed by atoms with Crippen molar-refractivity contribution in [1.82, 2.24) is 8.61 Å². The lowest BCUT2D eigenvalue weighted by atomic mass is 9.77. The van der Waals surface area contributed by atoms with Crippen molar-refractivity contribution in [2.45, 2.75) is 54.6 Å². The average Bonchev–Trinajstić information content (AvgIpc) is 3.01. The Hall–Kier alpha value is -3.05. The molecule has 4 atom stereocenters. The first-order chi connectivity index (χ1) is 21.4. The number of hydrogen-bond donors (Lipinski definition) is 0. The van der Waals surface area contributed by atoms with E-state index in [-0.39, 0.29) is 35.0 Å². The second-order valence-electron chi connectivity index (χ2n) is 11.7. The highest BCUT2D eigenvalue weighted by molar-refractivity contribution is 7.89. The minimum Gasteiger partial charge on any atom is -0.299 e. The maximum absolute atomic E-state index is 14.7. The summed E-state index contributed by atoms with van der Waals surface area (Å²) in [4.78, 5) is 14.3. The topological polar surface area (TPSA) is 91.8 Å². The molecule has 0 N–H and O–H groups in total. The SMILES string of the molecule is Cc1ccc(S(=O)(=O)N2C[C@H]3C(=O)C[C@@H](c4ccc(Cl)cc4)N(S(=O)(=O)c4ccccc4C)[C@H]3CC2c2ccc(Cl)cc2)cc1. The predicted octanol–water partition coefficient (Wildman–Crippen LogP) is 7.14. The molecule has 2 aliphatic rings. The number of rotatable bonds is 6. The first-order valence-electron chi connectivity index (χ1n) is 14.6. The lowest BCUT2D eigenvalue weighted by Crippen LogP contribution is -2.61. The molecule has 0 saturated carbocycles. The van der Waals surface area contributed by atoms with E-state index in [1.165, 1.54) is 8.61 Å². The van der Waals surface area contributed by atoms with Gasteiger partial charge in [0.25, 0.3) is 0 Å². The quantitative estimate of drug-likeness (QED) is 0.216. The Morgan fingerprint density at radius 3 is 1.82 bits per heavy atom. The molecule has 4 aromatic rings. The van der Waals surface area contributed by atoms with Gasteiger partial charge in [0.15, 0.2) is 0 Å². The van der Waals surface area contributed by atoms with E-state index >= 15 is 0 Å². The summed E-state index contributed by atoms with van der Waals surface area (Å²) in [5, 5.41) is 0.976. The van der Waals surface area contributed by atoms with Gasteiger partial charge < -0.3 is 0 Å². The molecule has 0 aromatic heterocycles. The van der Waals surface area contributed by atoms with Gasteiger partial charge in [0.05, 0.1) is 21.9 Å². The molecular formula is C34H32Cl2N2O5S2. The van der Waals surface area contributed by atoms with Crippen molar-refractivity contribution in [2.24, 2.45) is 5.92 Å². The molecule has 2 saturated heterocycles. The second-order valence-corrected chi connectivity index (χ2v) is 16.3. The van der Waals surface area contributed by atoms with Crippen molar-refractivity contribution in [3.63, 3.8) is 0 Å². The number of sulfonamides is 2. The number of carbonyl (C=O) groups excluding carboxylic acids is 1. The summed E-state index contributed by atoms with van der Waals surface area (Å²) in [7, 11) is -8.23. The monoisotopic (exact) mass is 682 g/mol. The standard InChI is InChI=1S/C34H32Cl2N2O5S2/c1-22-7-17-28(18-8-22)44(40,41)37-21-29-32(19-30(37)24-9-13-26(35)14-10-24)38(45(42,43)34-6-4-3-5-23(34)2)31(20-33(29)39)25-11-15-27(36)16-12-25/h3-18,29-32H,19-21H2,1-2H3/t29-,30?,31+,32+/m1/s1. The molecule has 1 unspecified atom stereocenters. The van der Waals surface area contributed by atoms with Gasteiger partial charge in [-0.1, -0.05) is 83.4 Å². The number of aryl methyl sites for hydroxylation is 2. The zero-order valence-electron chi connectivity index (χ0n) is 24.7. The second kappa shape index (κ2) is 12.3. The highest BCUT2D eigenvalue weighted by Crippen LogP contribution is 2.48. The van der Waals surface area contributed by atoms with E-state index in [9.17, 15) is 21.6 Å². The third-order valence-corrected chi connectivity index (χ3v) is 13.4. The molecule has 11 heteroatoms. The summed E-state index contributed by atoms with van der Waals surface area (Å²) in [6, 6.07) is 24.7. The summed E-state index contributed by atoms with van der Waals surface area (Å²) < 4.78 is 60.7. The number of piperidine rings is 2. The van der Waals surface area contributed by atoms with Crippen LogP contribution in [0.1, 0.15) is 47.2 Å². The van der Waals surface area contributed by atoms with E-state index in [0.717, 1.165) is 5.56 Å². The van der Waals surface area contributed by atoms with Crippen LogP contribution in [0, 0.1) is 19.8 Å². The Kier molecular flexibility index (Phi) is 8.71. The molecular weight excluding hydrogens is 651 g/mol. The first-order valence-corrected chi connectivity index (χ1v) is 18.2. The third-order valence-electron chi connectivity index (χ3n) is 8.88. The molecule has 2 aliphatic heterocycles. The maximum Gasteiger partial charge on any atom is 0.244 e. The fourth-order valence-corrected chi connectivity index (χ4v) is 10.5. The van der Waals surface area contributed by atoms with Gasteiger partial charge in [-0.3, -0.25) is 4.79 Å². The van der Waals surface area contributed by atoms with E-state index in [0.29, 0.717) is 26.7 Å². The molecule has 0 amide bonds. The Morgan fingerprint density at radius 2 is 1.24 bits per heavy atom. The van der Waals surface area contributed by atoms with Crippen LogP contribution in [0.5, 0.6) is 0 Å². The summed E-state index contributed by atoms with van der Waals surface area (Å²) in [6.45, 7) is 3.45. The molecule has 4 aromatic carbocycles. The summed E-state index contributed by atoms with van der Waals surface area (Å²) >= 11 is 12.4. The highest BCUT2D eigenvalue weighted by atomic mass is 35.5. The van der Waals surface area contributed by atoms with Gasteiger partial charge in [-0.15, -0.1) is 0 Å². The van der Waals surface area contributed by atoms with Crippen molar-refractivity contribution in [3.05, 3.63) is 129 Å². The molecule has 0 bridgehead atoms. The van der Waals surface area contributed by atoms with Gasteiger partial charge in [0.2, 0.25) is 20.0 Å². The largest absolute Gasteiger partial charge is 0.299 e. The van der Waals surface area contributed by atoms with E-state index in [1.54, 1.807) is 104 Å². The lowest BCUT2D eigenvalue weighted by Gasteiger charge is -2.51. The van der Waals surface area contributed by atoms with Crippen LogP contribution in [0.15, 0.2) is 107 Å². The number of benzene rings is 4. The van der Waals surface area contributed by atoms with Crippen LogP contribution in [0.3, 0.4) is 0 Å². The van der Waals surface area contributed by atoms with Gasteiger partial charge >= 0.3 is 0 Å². The van der Waals surface area contributed by atoms with Gasteiger partial charge in [-0.25, -0.2) is 16.8 Å². The molecule has 2 heterocycles. The van der Waals surface area contributed by atoms with Crippen LogP contribution in [0.25, 0.3) is 0 Å². The molecule has 0 aliphatic carbocycles. The fourth-order valence-electron chi connectivity index (χ4n) is 6.57. The molecule has 6 rings (SSSR count). The van der Waals surface area contributed by atoms with Crippen molar-refractivity contribution >= 4 is 49.0 Å². The predicted molar refractivity (Wildman–Crippen MR) is 175 cm³/mol. The number of ketones is 1. The summed E-state index contributed by atoms with van der Waals surface area (Å²) in [6.07, 6.45) is -0.0315. The fraction of sp³-hybridized carbons (Fsp3) is 0.265. The van der Waals surface area contributed by atoms with Crippen molar-refractivity contribution in [2.75, 3.05) is 6.54 Å². The van der Waals surface area contributed by atoms with E-state index in [2.05, 4.69) is 0 Å². The van der Waals surface area contributed by atoms with Crippen LogP contribution < -0.4 is 0 Å². The van der Waals surface area contributed by atoms with E-state index in [4.69, 9.17) is 23.2 Å². The zero-order valence-corrected chi connectivity index (χ0v) is 27.8. The average molecular weight is 684 g/mol. The van der Waals surface area contributed by atoms with Crippen molar-refractivity contribution < 1.29 is 21.6 Å². The van der Waals surface area contributed by atoms with Crippen LogP contribution in [0.4, 0.5) is 0 Å². The van der Waals surface area contributed by atoms with Gasteiger partial charge in [0, 0.05) is 35.0 Å². The lowest BCUT2D eigenvalue weighted by molar-refractivity contribution is -0.132. The number of Topliss-reactive ketones (excluding diaryl/α,β-unsaturated/α-hetero) is 1. The Bertz CT molecular complexity index is 1950. The van der Waals surface area contributed by atoms with E-state index in [1.807, 2.05) is 6.92 Å². The van der Waals surface area contributed by atoms with Gasteiger partial charge in [-0.2, -0.15) is 8.61 Å². The number of carbonyl (C=O) groups is 1. The number of nitrogens with zero attached hydrogens (tertiary/aromatic N) is 2. The van der Waals surface area contributed by atoms with Crippen LogP contribution in [-0.2, 0) is 24.8 Å². The van der Waals surface area contributed by atoms with Gasteiger partial charge in [0.1, 0.15) is 5.78 Å². The molecule has 45 heavy (non-hydrogen) atoms. The van der Waals surface area contributed by atoms with Crippen LogP contribution >= 0.6 is 23.2 Å². The molecule has 0 radical (unpaired) electrons. The van der Waals surface area contributed by atoms with Crippen LogP contribution in [-0.4, -0.2) is 43.8 Å².